The zero-order chi connectivity index (χ0) is 24.3. The van der Waals surface area contributed by atoms with Gasteiger partial charge < -0.3 is 14.8 Å². The number of nitrogens with one attached hydrogen (secondary N) is 1. The lowest BCUT2D eigenvalue weighted by molar-refractivity contribution is -0.137. The predicted octanol–water partition coefficient (Wildman–Crippen LogP) is 2.87. The van der Waals surface area contributed by atoms with Crippen molar-refractivity contribution in [1.82, 2.24) is 4.90 Å². The molecule has 0 aromatic heterocycles. The van der Waals surface area contributed by atoms with Crippen molar-refractivity contribution in [3.8, 4) is 11.5 Å². The number of hydrogen-bond acceptors (Lipinski definition) is 6. The van der Waals surface area contributed by atoms with Crippen molar-refractivity contribution in [2.75, 3.05) is 23.6 Å². The molecule has 3 fully saturated rings. The highest BCUT2D eigenvalue weighted by atomic mass is 19.4. The van der Waals surface area contributed by atoms with Crippen LogP contribution in [-0.4, -0.2) is 42.0 Å². The van der Waals surface area contributed by atoms with Crippen LogP contribution < -0.4 is 19.7 Å². The summed E-state index contributed by atoms with van der Waals surface area (Å²) in [4.78, 5) is 44.1. The lowest BCUT2D eigenvalue weighted by Gasteiger charge is -2.36. The van der Waals surface area contributed by atoms with Gasteiger partial charge in [0.25, 0.3) is 0 Å². The number of fused-ring (bicyclic) bond motifs is 8. The highest BCUT2D eigenvalue weighted by Gasteiger charge is 2.75. The minimum atomic E-state index is -4.69. The lowest BCUT2D eigenvalue weighted by Crippen LogP contribution is -2.54. The number of carbonyl (C=O) groups is 3. The Morgan fingerprint density at radius 2 is 1.83 bits per heavy atom. The van der Waals surface area contributed by atoms with Crippen LogP contribution in [0.5, 0.6) is 11.5 Å². The first-order valence-electron chi connectivity index (χ1n) is 11.3. The van der Waals surface area contributed by atoms with Crippen LogP contribution in [0.25, 0.3) is 0 Å². The fraction of sp³-hybridized carbons (Fsp3) is 0.375. The van der Waals surface area contributed by atoms with Gasteiger partial charge in [-0.3, -0.25) is 19.3 Å². The molecule has 0 bridgehead atoms. The monoisotopic (exact) mass is 485 g/mol. The first kappa shape index (κ1) is 20.7. The van der Waals surface area contributed by atoms with E-state index in [9.17, 15) is 27.6 Å². The molecule has 2 aromatic rings. The number of halogens is 3. The summed E-state index contributed by atoms with van der Waals surface area (Å²) in [5.74, 6) is -2.88. The molecule has 4 atom stereocenters. The first-order chi connectivity index (χ1) is 16.7. The summed E-state index contributed by atoms with van der Waals surface area (Å²) in [7, 11) is 0. The first-order valence-corrected chi connectivity index (χ1v) is 11.3. The molecule has 2 aromatic carbocycles. The lowest BCUT2D eigenvalue weighted by atomic mass is 9.75. The standard InChI is InChI=1S/C24H18F3N3O5/c25-24(26,27)13-4-1-3-12-19(13)28-22(33)23(12)18-17(14-5-2-8-29(14)23)20(31)30(21(18)32)11-6-7-15-16(9-11)35-10-34-15/h1,3-4,6-7,9,14,17-18H,2,5,8,10H2,(H,28,33)/t14-,17-,18+,23+/m1/s1. The van der Waals surface area contributed by atoms with E-state index in [1.54, 1.807) is 17.0 Å². The number of para-hydroxylation sites is 1. The summed E-state index contributed by atoms with van der Waals surface area (Å²) in [5, 5.41) is 2.44. The largest absolute Gasteiger partial charge is 0.454 e. The number of ether oxygens (including phenoxy) is 2. The van der Waals surface area contributed by atoms with Crippen molar-refractivity contribution in [1.29, 1.82) is 0 Å². The summed E-state index contributed by atoms with van der Waals surface area (Å²) in [6.07, 6.45) is -3.46. The highest BCUT2D eigenvalue weighted by molar-refractivity contribution is 6.26. The summed E-state index contributed by atoms with van der Waals surface area (Å²) >= 11 is 0. The molecule has 3 saturated heterocycles. The summed E-state index contributed by atoms with van der Waals surface area (Å²) in [6.45, 7) is 0.427. The van der Waals surface area contributed by atoms with Crippen LogP contribution in [0.2, 0.25) is 0 Å². The van der Waals surface area contributed by atoms with E-state index in [0.29, 0.717) is 30.9 Å². The van der Waals surface area contributed by atoms with Crippen LogP contribution in [0.3, 0.4) is 0 Å². The van der Waals surface area contributed by atoms with Crippen molar-refractivity contribution in [2.45, 2.75) is 30.6 Å². The molecular formula is C24H18F3N3O5. The van der Waals surface area contributed by atoms with Gasteiger partial charge in [0.1, 0.15) is 5.54 Å². The average molecular weight is 485 g/mol. The van der Waals surface area contributed by atoms with Crippen LogP contribution >= 0.6 is 0 Å². The van der Waals surface area contributed by atoms with E-state index >= 15 is 0 Å². The molecule has 180 valence electrons. The van der Waals surface area contributed by atoms with Gasteiger partial charge in [0.2, 0.25) is 24.5 Å². The molecule has 5 heterocycles. The van der Waals surface area contributed by atoms with E-state index in [-0.39, 0.29) is 23.7 Å². The minimum absolute atomic E-state index is 0.0184. The summed E-state index contributed by atoms with van der Waals surface area (Å²) in [6, 6.07) is 7.88. The molecule has 1 spiro atoms. The van der Waals surface area contributed by atoms with Crippen molar-refractivity contribution >= 4 is 29.1 Å². The third-order valence-electron chi connectivity index (χ3n) is 7.95. The van der Waals surface area contributed by atoms with Gasteiger partial charge in [-0.15, -0.1) is 0 Å². The second kappa shape index (κ2) is 6.54. The number of hydrogen-bond donors (Lipinski definition) is 1. The molecule has 0 radical (unpaired) electrons. The molecule has 8 nitrogen and oxygen atoms in total. The van der Waals surface area contributed by atoms with Crippen LogP contribution in [0, 0.1) is 11.8 Å². The Balaban J connectivity index is 1.41. The Morgan fingerprint density at radius 3 is 2.63 bits per heavy atom. The maximum absolute atomic E-state index is 13.9. The SMILES string of the molecule is O=C1[C@@H]2[C@H]3CCCN3[C@]3(C(=O)Nc4c(C(F)(F)F)cccc43)[C@@H]2C(=O)N1c1ccc2c(c1)OCO2. The van der Waals surface area contributed by atoms with E-state index in [4.69, 9.17) is 9.47 Å². The Labute approximate surface area is 196 Å². The van der Waals surface area contributed by atoms with Crippen LogP contribution in [0.1, 0.15) is 24.0 Å². The molecule has 7 rings (SSSR count). The third-order valence-corrected chi connectivity index (χ3v) is 7.95. The molecule has 11 heteroatoms. The van der Waals surface area contributed by atoms with Crippen LogP contribution in [0.15, 0.2) is 36.4 Å². The fourth-order valence-corrected chi connectivity index (χ4v) is 6.75. The molecule has 0 aliphatic carbocycles. The smallest absolute Gasteiger partial charge is 0.418 e. The van der Waals surface area contributed by atoms with E-state index in [1.165, 1.54) is 18.2 Å². The van der Waals surface area contributed by atoms with Crippen LogP contribution in [-0.2, 0) is 26.1 Å². The number of anilines is 2. The van der Waals surface area contributed by atoms with Gasteiger partial charge in [0, 0.05) is 17.7 Å². The summed E-state index contributed by atoms with van der Waals surface area (Å²) in [5.41, 5.74) is -2.60. The van der Waals surface area contributed by atoms with E-state index in [2.05, 4.69) is 5.32 Å². The Hall–Kier alpha value is -3.60. The van der Waals surface area contributed by atoms with Crippen molar-refractivity contribution in [2.24, 2.45) is 11.8 Å². The van der Waals surface area contributed by atoms with Gasteiger partial charge in [-0.1, -0.05) is 12.1 Å². The molecule has 1 N–H and O–H groups in total. The van der Waals surface area contributed by atoms with Crippen molar-refractivity contribution in [3.63, 3.8) is 0 Å². The third kappa shape index (κ3) is 2.38. The fourth-order valence-electron chi connectivity index (χ4n) is 6.75. The maximum atomic E-state index is 13.9. The number of imide groups is 1. The summed E-state index contributed by atoms with van der Waals surface area (Å²) < 4.78 is 52.1. The normalized spacial score (nSPS) is 30.8. The second-order valence-electron chi connectivity index (χ2n) is 9.40. The van der Waals surface area contributed by atoms with Crippen LogP contribution in [0.4, 0.5) is 24.5 Å². The molecule has 35 heavy (non-hydrogen) atoms. The Bertz CT molecular complexity index is 1340. The Kier molecular flexibility index (Phi) is 3.87. The maximum Gasteiger partial charge on any atom is 0.418 e. The number of nitrogens with zero attached hydrogens (tertiary/aromatic N) is 2. The van der Waals surface area contributed by atoms with Gasteiger partial charge in [-0.25, -0.2) is 4.90 Å². The van der Waals surface area contributed by atoms with E-state index < -0.39 is 52.9 Å². The molecule has 3 amide bonds. The van der Waals surface area contributed by atoms with Crippen molar-refractivity contribution < 1.29 is 37.0 Å². The van der Waals surface area contributed by atoms with Gasteiger partial charge >= 0.3 is 6.18 Å². The quantitative estimate of drug-likeness (QED) is 0.626. The van der Waals surface area contributed by atoms with Gasteiger partial charge in [-0.05, 0) is 37.6 Å². The molecule has 0 saturated carbocycles. The minimum Gasteiger partial charge on any atom is -0.454 e. The Morgan fingerprint density at radius 1 is 1.03 bits per heavy atom. The van der Waals surface area contributed by atoms with Gasteiger partial charge in [-0.2, -0.15) is 13.2 Å². The second-order valence-corrected chi connectivity index (χ2v) is 9.40. The molecular weight excluding hydrogens is 467 g/mol. The number of carbonyl (C=O) groups excluding carboxylic acids is 3. The highest BCUT2D eigenvalue weighted by Crippen LogP contribution is 2.61. The van der Waals surface area contributed by atoms with E-state index in [1.807, 2.05) is 0 Å². The number of rotatable bonds is 1. The number of alkyl halides is 3. The zero-order valence-electron chi connectivity index (χ0n) is 18.1. The van der Waals surface area contributed by atoms with Crippen molar-refractivity contribution in [3.05, 3.63) is 47.5 Å². The van der Waals surface area contributed by atoms with Gasteiger partial charge in [0.05, 0.1) is 28.8 Å². The number of benzene rings is 2. The van der Waals surface area contributed by atoms with E-state index in [0.717, 1.165) is 11.0 Å². The number of amides is 3. The predicted molar refractivity (Wildman–Crippen MR) is 114 cm³/mol. The molecule has 5 aliphatic heterocycles. The molecule has 5 aliphatic rings. The topological polar surface area (TPSA) is 88.2 Å². The molecule has 0 unspecified atom stereocenters. The van der Waals surface area contributed by atoms with Gasteiger partial charge in [0.15, 0.2) is 11.5 Å². The average Bonchev–Trinajstić information content (AvgIpc) is 3.59. The zero-order valence-corrected chi connectivity index (χ0v) is 18.1.